The Morgan fingerprint density at radius 3 is 2.28 bits per heavy atom. The normalized spacial score (nSPS) is 12.9. The largest absolute Gasteiger partial charge is 0.483 e. The molecule has 0 aliphatic carbocycles. The Kier molecular flexibility index (Phi) is 10.8. The molecule has 0 aromatic heterocycles. The maximum atomic E-state index is 13.9. The van der Waals surface area contributed by atoms with E-state index in [1.807, 2.05) is 68.4 Å². The molecule has 0 saturated carbocycles. The van der Waals surface area contributed by atoms with Gasteiger partial charge in [-0.1, -0.05) is 105 Å². The van der Waals surface area contributed by atoms with Crippen molar-refractivity contribution >= 4 is 35.0 Å². The zero-order valence-corrected chi connectivity index (χ0v) is 24.9. The van der Waals surface area contributed by atoms with E-state index in [1.165, 1.54) is 0 Å². The number of halogens is 2. The zero-order valence-electron chi connectivity index (χ0n) is 23.3. The van der Waals surface area contributed by atoms with E-state index in [4.69, 9.17) is 27.9 Å². The number of benzene rings is 3. The second-order valence-corrected chi connectivity index (χ2v) is 11.7. The fourth-order valence-electron chi connectivity index (χ4n) is 4.26. The van der Waals surface area contributed by atoms with Gasteiger partial charge >= 0.3 is 0 Å². The van der Waals surface area contributed by atoms with Crippen molar-refractivity contribution in [3.63, 3.8) is 0 Å². The Morgan fingerprint density at radius 2 is 1.64 bits per heavy atom. The topological polar surface area (TPSA) is 58.6 Å². The van der Waals surface area contributed by atoms with Gasteiger partial charge in [0.05, 0.1) is 0 Å². The van der Waals surface area contributed by atoms with Crippen LogP contribution in [0, 0.1) is 0 Å². The lowest BCUT2D eigenvalue weighted by Gasteiger charge is -2.32. The average Bonchev–Trinajstić information content (AvgIpc) is 2.90. The summed E-state index contributed by atoms with van der Waals surface area (Å²) in [5, 5.41) is 4.00. The van der Waals surface area contributed by atoms with Crippen LogP contribution in [0.5, 0.6) is 5.75 Å². The summed E-state index contributed by atoms with van der Waals surface area (Å²) in [5.74, 6) is 0.109. The molecule has 0 aliphatic rings. The van der Waals surface area contributed by atoms with Gasteiger partial charge in [0.1, 0.15) is 11.8 Å². The summed E-state index contributed by atoms with van der Waals surface area (Å²) in [4.78, 5) is 29.1. The van der Waals surface area contributed by atoms with E-state index in [0.717, 1.165) is 17.5 Å². The van der Waals surface area contributed by atoms with E-state index in [1.54, 1.807) is 23.1 Å². The number of para-hydroxylation sites is 1. The Balaban J connectivity index is 1.98. The number of hydrogen-bond acceptors (Lipinski definition) is 3. The third-order valence-corrected chi connectivity index (χ3v) is 7.26. The molecule has 1 N–H and O–H groups in total. The van der Waals surface area contributed by atoms with E-state index in [0.29, 0.717) is 27.8 Å². The van der Waals surface area contributed by atoms with Gasteiger partial charge in [-0.3, -0.25) is 9.59 Å². The van der Waals surface area contributed by atoms with Crippen LogP contribution in [0.15, 0.2) is 72.8 Å². The van der Waals surface area contributed by atoms with Crippen molar-refractivity contribution in [1.29, 1.82) is 0 Å². The lowest BCUT2D eigenvalue weighted by Crippen LogP contribution is -2.53. The fourth-order valence-corrected chi connectivity index (χ4v) is 4.73. The van der Waals surface area contributed by atoms with Crippen LogP contribution in [-0.2, 0) is 28.0 Å². The number of amides is 2. The Hall–Kier alpha value is -3.02. The summed E-state index contributed by atoms with van der Waals surface area (Å²) in [6.45, 7) is 10.2. The summed E-state index contributed by atoms with van der Waals surface area (Å²) in [6.07, 6.45) is 1.12. The van der Waals surface area contributed by atoms with E-state index in [2.05, 4.69) is 26.1 Å². The molecule has 2 amide bonds. The minimum Gasteiger partial charge on any atom is -0.483 e. The quantitative estimate of drug-likeness (QED) is 0.265. The SMILES string of the molecule is CC[C@@H](C)NC(=O)[C@@H](Cc1ccccc1)N(Cc1ccc(Cl)cc1Cl)C(=O)COc1ccccc1C(C)(C)C. The standard InChI is InChI=1S/C32H38Cl2N2O3/c1-6-22(2)35-31(38)28(18-23-12-8-7-9-13-23)36(20-24-16-17-25(33)19-27(24)34)30(37)21-39-29-15-11-10-14-26(29)32(3,4)5/h7-17,19,22,28H,6,18,20-21H2,1-5H3,(H,35,38)/t22-,28-/m1/s1. The van der Waals surface area contributed by atoms with Gasteiger partial charge in [0, 0.05) is 29.1 Å². The summed E-state index contributed by atoms with van der Waals surface area (Å²) in [6, 6.07) is 21.7. The molecular formula is C32H38Cl2N2O3. The van der Waals surface area contributed by atoms with E-state index in [-0.39, 0.29) is 36.4 Å². The summed E-state index contributed by atoms with van der Waals surface area (Å²) in [7, 11) is 0. The van der Waals surface area contributed by atoms with E-state index in [9.17, 15) is 9.59 Å². The first-order chi connectivity index (χ1) is 18.5. The number of carbonyl (C=O) groups is 2. The first-order valence-corrected chi connectivity index (χ1v) is 14.0. The molecule has 3 rings (SSSR count). The predicted octanol–water partition coefficient (Wildman–Crippen LogP) is 7.22. The lowest BCUT2D eigenvalue weighted by molar-refractivity contribution is -0.143. The number of nitrogens with zero attached hydrogens (tertiary/aromatic N) is 1. The van der Waals surface area contributed by atoms with Crippen molar-refractivity contribution < 1.29 is 14.3 Å². The third-order valence-electron chi connectivity index (χ3n) is 6.67. The molecular weight excluding hydrogens is 531 g/mol. The van der Waals surface area contributed by atoms with Crippen molar-refractivity contribution in [1.82, 2.24) is 10.2 Å². The van der Waals surface area contributed by atoms with Crippen molar-refractivity contribution in [2.45, 2.75) is 71.5 Å². The number of nitrogens with one attached hydrogen (secondary N) is 1. The fraction of sp³-hybridized carbons (Fsp3) is 0.375. The molecule has 0 bridgehead atoms. The highest BCUT2D eigenvalue weighted by Gasteiger charge is 2.32. The molecule has 5 nitrogen and oxygen atoms in total. The van der Waals surface area contributed by atoms with Gasteiger partial charge in [0.15, 0.2) is 6.61 Å². The molecule has 39 heavy (non-hydrogen) atoms. The van der Waals surface area contributed by atoms with Crippen molar-refractivity contribution in [2.75, 3.05) is 6.61 Å². The van der Waals surface area contributed by atoms with Gasteiger partial charge in [0.2, 0.25) is 5.91 Å². The lowest BCUT2D eigenvalue weighted by atomic mass is 9.86. The molecule has 3 aromatic rings. The molecule has 3 aromatic carbocycles. The van der Waals surface area contributed by atoms with Crippen LogP contribution >= 0.6 is 23.2 Å². The first kappa shape index (κ1) is 30.5. The third kappa shape index (κ3) is 8.74. The van der Waals surface area contributed by atoms with Gasteiger partial charge in [0.25, 0.3) is 5.91 Å². The van der Waals surface area contributed by atoms with Crippen molar-refractivity contribution in [2.24, 2.45) is 0 Å². The monoisotopic (exact) mass is 568 g/mol. The Morgan fingerprint density at radius 1 is 0.974 bits per heavy atom. The van der Waals surface area contributed by atoms with Crippen molar-refractivity contribution in [3.05, 3.63) is 99.5 Å². The zero-order chi connectivity index (χ0) is 28.6. The molecule has 0 fully saturated rings. The Labute approximate surface area is 242 Å². The van der Waals surface area contributed by atoms with Crippen LogP contribution in [-0.4, -0.2) is 35.4 Å². The number of carbonyl (C=O) groups excluding carboxylic acids is 2. The van der Waals surface area contributed by atoms with Crippen LogP contribution in [0.25, 0.3) is 0 Å². The second-order valence-electron chi connectivity index (χ2n) is 10.8. The number of rotatable bonds is 11. The predicted molar refractivity (Wildman–Crippen MR) is 159 cm³/mol. The molecule has 2 atom stereocenters. The highest BCUT2D eigenvalue weighted by atomic mass is 35.5. The van der Waals surface area contributed by atoms with Crippen LogP contribution in [0.2, 0.25) is 10.0 Å². The molecule has 0 saturated heterocycles. The van der Waals surface area contributed by atoms with Crippen LogP contribution < -0.4 is 10.1 Å². The van der Waals surface area contributed by atoms with Gasteiger partial charge < -0.3 is 15.0 Å². The number of hydrogen-bond donors (Lipinski definition) is 1. The van der Waals surface area contributed by atoms with Gasteiger partial charge in [-0.15, -0.1) is 0 Å². The molecule has 0 heterocycles. The Bertz CT molecular complexity index is 1260. The maximum Gasteiger partial charge on any atom is 0.261 e. The minimum absolute atomic E-state index is 0.0400. The minimum atomic E-state index is -0.776. The molecule has 7 heteroatoms. The molecule has 0 unspecified atom stereocenters. The van der Waals surface area contributed by atoms with Crippen molar-refractivity contribution in [3.8, 4) is 5.75 Å². The first-order valence-electron chi connectivity index (χ1n) is 13.3. The van der Waals surface area contributed by atoms with E-state index < -0.39 is 6.04 Å². The average molecular weight is 570 g/mol. The van der Waals surface area contributed by atoms with E-state index >= 15 is 0 Å². The van der Waals surface area contributed by atoms with Gasteiger partial charge in [-0.25, -0.2) is 0 Å². The smallest absolute Gasteiger partial charge is 0.261 e. The molecule has 0 aliphatic heterocycles. The summed E-state index contributed by atoms with van der Waals surface area (Å²) in [5.41, 5.74) is 2.47. The molecule has 0 spiro atoms. The molecule has 0 radical (unpaired) electrons. The van der Waals surface area contributed by atoms with Gasteiger partial charge in [-0.05, 0) is 53.6 Å². The second kappa shape index (κ2) is 13.9. The van der Waals surface area contributed by atoms with Crippen LogP contribution in [0.4, 0.5) is 0 Å². The number of ether oxygens (including phenoxy) is 1. The maximum absolute atomic E-state index is 13.9. The van der Waals surface area contributed by atoms with Crippen LogP contribution in [0.1, 0.15) is 57.7 Å². The van der Waals surface area contributed by atoms with Crippen LogP contribution in [0.3, 0.4) is 0 Å². The highest BCUT2D eigenvalue weighted by molar-refractivity contribution is 6.35. The summed E-state index contributed by atoms with van der Waals surface area (Å²) < 4.78 is 6.10. The summed E-state index contributed by atoms with van der Waals surface area (Å²) >= 11 is 12.6. The van der Waals surface area contributed by atoms with Gasteiger partial charge in [-0.2, -0.15) is 0 Å². The molecule has 208 valence electrons. The highest BCUT2D eigenvalue weighted by Crippen LogP contribution is 2.31.